The molecule has 2 fully saturated rings. The molecule has 104 valence electrons. The number of carboxylic acid groups (broad SMARTS) is 1. The van der Waals surface area contributed by atoms with Crippen LogP contribution >= 0.6 is 0 Å². The summed E-state index contributed by atoms with van der Waals surface area (Å²) in [5.41, 5.74) is 0. The number of hydrogen-bond donors (Lipinski definition) is 1. The van der Waals surface area contributed by atoms with Gasteiger partial charge in [0.1, 0.15) is 0 Å². The van der Waals surface area contributed by atoms with Crippen molar-refractivity contribution in [3.8, 4) is 0 Å². The maximum atomic E-state index is 11.4. The second-order valence-electron chi connectivity index (χ2n) is 6.33. The van der Waals surface area contributed by atoms with Crippen LogP contribution in [0.4, 0.5) is 0 Å². The zero-order valence-electron chi connectivity index (χ0n) is 11.8. The van der Waals surface area contributed by atoms with Crippen LogP contribution in [0.15, 0.2) is 0 Å². The number of hydrogen-bond acceptors (Lipinski definition) is 3. The molecule has 0 aromatic heterocycles. The fourth-order valence-corrected chi connectivity index (χ4v) is 3.53. The first-order valence-corrected chi connectivity index (χ1v) is 7.12. The molecule has 0 bridgehead atoms. The fraction of sp³-hybridized carbons (Fsp3) is 0.929. The minimum absolute atomic E-state index is 0.151. The minimum atomic E-state index is -0.597. The van der Waals surface area contributed by atoms with Gasteiger partial charge in [0.25, 0.3) is 0 Å². The van der Waals surface area contributed by atoms with Crippen molar-refractivity contribution in [2.75, 3.05) is 27.2 Å². The summed E-state index contributed by atoms with van der Waals surface area (Å²) in [4.78, 5) is 16.1. The van der Waals surface area contributed by atoms with E-state index in [1.54, 1.807) is 0 Å². The molecule has 0 aromatic carbocycles. The van der Waals surface area contributed by atoms with Gasteiger partial charge < -0.3 is 10.0 Å². The predicted molar refractivity (Wildman–Crippen MR) is 71.6 cm³/mol. The van der Waals surface area contributed by atoms with Crippen LogP contribution in [-0.4, -0.2) is 60.1 Å². The monoisotopic (exact) mass is 254 g/mol. The molecule has 4 nitrogen and oxygen atoms in total. The van der Waals surface area contributed by atoms with Gasteiger partial charge in [-0.2, -0.15) is 0 Å². The van der Waals surface area contributed by atoms with Crippen molar-refractivity contribution in [2.45, 2.75) is 44.7 Å². The van der Waals surface area contributed by atoms with Gasteiger partial charge in [-0.25, -0.2) is 0 Å². The van der Waals surface area contributed by atoms with Crippen LogP contribution < -0.4 is 0 Å². The zero-order chi connectivity index (χ0) is 13.3. The van der Waals surface area contributed by atoms with Gasteiger partial charge in [-0.3, -0.25) is 9.69 Å². The lowest BCUT2D eigenvalue weighted by Gasteiger charge is -2.38. The Bertz CT molecular complexity index is 306. The Kier molecular flexibility index (Phi) is 4.28. The molecule has 2 aliphatic rings. The molecule has 0 radical (unpaired) electrons. The topological polar surface area (TPSA) is 43.8 Å². The molecule has 0 amide bonds. The Morgan fingerprint density at radius 3 is 2.56 bits per heavy atom. The van der Waals surface area contributed by atoms with Crippen LogP contribution in [0.5, 0.6) is 0 Å². The maximum Gasteiger partial charge on any atom is 0.308 e. The quantitative estimate of drug-likeness (QED) is 0.829. The Morgan fingerprint density at radius 1 is 1.28 bits per heavy atom. The third-order valence-corrected chi connectivity index (χ3v) is 4.79. The van der Waals surface area contributed by atoms with Crippen molar-refractivity contribution in [1.29, 1.82) is 0 Å². The van der Waals surface area contributed by atoms with Crippen molar-refractivity contribution in [3.05, 3.63) is 0 Å². The van der Waals surface area contributed by atoms with E-state index < -0.39 is 5.97 Å². The van der Waals surface area contributed by atoms with Gasteiger partial charge in [0.15, 0.2) is 0 Å². The molecule has 0 aromatic rings. The third kappa shape index (κ3) is 2.86. The maximum absolute atomic E-state index is 11.4. The lowest BCUT2D eigenvalue weighted by Crippen LogP contribution is -2.47. The van der Waals surface area contributed by atoms with Gasteiger partial charge >= 0.3 is 5.97 Å². The molecule has 18 heavy (non-hydrogen) atoms. The fourth-order valence-electron chi connectivity index (χ4n) is 3.53. The van der Waals surface area contributed by atoms with Gasteiger partial charge in [0, 0.05) is 25.2 Å². The standard InChI is InChI=1S/C14H26N2O2/c1-10-4-5-12(14(17)18)13(8-10)16-7-6-11(9-16)15(2)3/h10-13H,4-9H2,1-3H3,(H,17,18). The number of nitrogens with zero attached hydrogens (tertiary/aromatic N) is 2. The van der Waals surface area contributed by atoms with E-state index in [-0.39, 0.29) is 12.0 Å². The van der Waals surface area contributed by atoms with E-state index in [0.717, 1.165) is 32.4 Å². The van der Waals surface area contributed by atoms with Crippen molar-refractivity contribution in [3.63, 3.8) is 0 Å². The van der Waals surface area contributed by atoms with E-state index in [0.29, 0.717) is 12.0 Å². The summed E-state index contributed by atoms with van der Waals surface area (Å²) in [5.74, 6) is -0.0775. The van der Waals surface area contributed by atoms with E-state index in [4.69, 9.17) is 0 Å². The number of carboxylic acids is 1. The SMILES string of the molecule is CC1CCC(C(=O)O)C(N2CCC(N(C)C)C2)C1. The summed E-state index contributed by atoms with van der Waals surface area (Å²) in [6, 6.07) is 0.855. The Balaban J connectivity index is 2.02. The zero-order valence-corrected chi connectivity index (χ0v) is 11.8. The summed E-state index contributed by atoms with van der Waals surface area (Å²) < 4.78 is 0. The first kappa shape index (κ1) is 13.8. The molecule has 0 spiro atoms. The summed E-state index contributed by atoms with van der Waals surface area (Å²) in [6.45, 7) is 4.35. The molecule has 1 heterocycles. The predicted octanol–water partition coefficient (Wildman–Crippen LogP) is 1.51. The molecule has 1 N–H and O–H groups in total. The summed E-state index contributed by atoms with van der Waals surface area (Å²) >= 11 is 0. The molecular weight excluding hydrogens is 228 g/mol. The van der Waals surface area contributed by atoms with Crippen molar-refractivity contribution < 1.29 is 9.90 Å². The second-order valence-corrected chi connectivity index (χ2v) is 6.33. The number of likely N-dealkylation sites (tertiary alicyclic amines) is 1. The number of carbonyl (C=O) groups is 1. The summed E-state index contributed by atoms with van der Waals surface area (Å²) in [6.07, 6.45) is 4.14. The Labute approximate surface area is 110 Å². The van der Waals surface area contributed by atoms with Crippen LogP contribution in [0.25, 0.3) is 0 Å². The highest BCUT2D eigenvalue weighted by Gasteiger charge is 2.39. The average Bonchev–Trinajstić information content (AvgIpc) is 2.77. The molecule has 1 saturated heterocycles. The van der Waals surface area contributed by atoms with E-state index >= 15 is 0 Å². The van der Waals surface area contributed by atoms with Crippen LogP contribution in [0.1, 0.15) is 32.6 Å². The largest absolute Gasteiger partial charge is 0.481 e. The van der Waals surface area contributed by atoms with Crippen molar-refractivity contribution >= 4 is 5.97 Å². The van der Waals surface area contributed by atoms with Crippen molar-refractivity contribution in [2.24, 2.45) is 11.8 Å². The minimum Gasteiger partial charge on any atom is -0.481 e. The van der Waals surface area contributed by atoms with E-state index in [9.17, 15) is 9.90 Å². The number of likely N-dealkylation sites (N-methyl/N-ethyl adjacent to an activating group) is 1. The Hall–Kier alpha value is -0.610. The molecule has 1 aliphatic carbocycles. The summed E-state index contributed by atoms with van der Waals surface area (Å²) in [5, 5.41) is 9.39. The number of aliphatic carboxylic acids is 1. The molecule has 4 heteroatoms. The Morgan fingerprint density at radius 2 is 2.00 bits per heavy atom. The lowest BCUT2D eigenvalue weighted by atomic mass is 9.78. The molecule has 1 saturated carbocycles. The van der Waals surface area contributed by atoms with Gasteiger partial charge in [-0.05, 0) is 45.7 Å². The van der Waals surface area contributed by atoms with Crippen LogP contribution in [-0.2, 0) is 4.79 Å². The highest BCUT2D eigenvalue weighted by molar-refractivity contribution is 5.71. The number of rotatable bonds is 3. The van der Waals surface area contributed by atoms with Gasteiger partial charge in [0.05, 0.1) is 5.92 Å². The van der Waals surface area contributed by atoms with E-state index in [1.165, 1.54) is 6.42 Å². The lowest BCUT2D eigenvalue weighted by molar-refractivity contribution is -0.146. The molecular formula is C14H26N2O2. The first-order valence-electron chi connectivity index (χ1n) is 7.12. The molecule has 2 rings (SSSR count). The molecule has 4 unspecified atom stereocenters. The van der Waals surface area contributed by atoms with Crippen molar-refractivity contribution in [1.82, 2.24) is 9.80 Å². The van der Waals surface area contributed by atoms with Crippen LogP contribution in [0.3, 0.4) is 0 Å². The van der Waals surface area contributed by atoms with E-state index in [2.05, 4.69) is 30.8 Å². The second kappa shape index (κ2) is 5.57. The van der Waals surface area contributed by atoms with E-state index in [1.807, 2.05) is 0 Å². The summed E-state index contributed by atoms with van der Waals surface area (Å²) in [7, 11) is 4.23. The molecule has 4 atom stereocenters. The third-order valence-electron chi connectivity index (χ3n) is 4.79. The van der Waals surface area contributed by atoms with Gasteiger partial charge in [-0.15, -0.1) is 0 Å². The molecule has 1 aliphatic heterocycles. The van der Waals surface area contributed by atoms with Gasteiger partial charge in [-0.1, -0.05) is 6.92 Å². The highest BCUT2D eigenvalue weighted by atomic mass is 16.4. The normalized spacial score (nSPS) is 38.2. The first-order chi connectivity index (χ1) is 8.49. The van der Waals surface area contributed by atoms with Crippen LogP contribution in [0, 0.1) is 11.8 Å². The highest BCUT2D eigenvalue weighted by Crippen LogP contribution is 2.34. The average molecular weight is 254 g/mol. The van der Waals surface area contributed by atoms with Gasteiger partial charge in [0.2, 0.25) is 0 Å². The van der Waals surface area contributed by atoms with Crippen LogP contribution in [0.2, 0.25) is 0 Å². The smallest absolute Gasteiger partial charge is 0.308 e.